The average Bonchev–Trinajstić information content (AvgIpc) is 3.17. The van der Waals surface area contributed by atoms with E-state index in [1.807, 2.05) is 0 Å². The van der Waals surface area contributed by atoms with E-state index < -0.39 is 0 Å². The van der Waals surface area contributed by atoms with E-state index in [-0.39, 0.29) is 5.41 Å². The molecule has 4 aromatic carbocycles. The molecule has 0 bridgehead atoms. The lowest BCUT2D eigenvalue weighted by Gasteiger charge is -2.32. The van der Waals surface area contributed by atoms with E-state index in [9.17, 15) is 0 Å². The van der Waals surface area contributed by atoms with Gasteiger partial charge in [0.25, 0.3) is 0 Å². The van der Waals surface area contributed by atoms with Gasteiger partial charge in [0.2, 0.25) is 0 Å². The highest BCUT2D eigenvalue weighted by atomic mass is 16.5. The Morgan fingerprint density at radius 3 is 1.79 bits per heavy atom. The number of benzene rings is 4. The van der Waals surface area contributed by atoms with Crippen LogP contribution in [-0.2, 0) is 5.41 Å². The van der Waals surface area contributed by atoms with Crippen molar-refractivity contribution in [1.29, 1.82) is 0 Å². The summed E-state index contributed by atoms with van der Waals surface area (Å²) in [5.74, 6) is 1.25. The first-order chi connectivity index (χ1) is 14.3. The lowest BCUT2D eigenvalue weighted by atomic mass is 9.69. The minimum atomic E-state index is -0.149. The van der Waals surface area contributed by atoms with Crippen molar-refractivity contribution in [2.24, 2.45) is 0 Å². The second kappa shape index (κ2) is 7.25. The summed E-state index contributed by atoms with van der Waals surface area (Å²) in [6, 6.07) is 39.5. The SMILES string of the molecule is COc1ccc(C2CC(c3ccccc3)(c3ccccc3)c3ccccc32)cc1. The summed E-state index contributed by atoms with van der Waals surface area (Å²) < 4.78 is 5.38. The third-order valence-electron chi connectivity index (χ3n) is 6.36. The summed E-state index contributed by atoms with van der Waals surface area (Å²) in [5.41, 5.74) is 6.74. The molecule has 29 heavy (non-hydrogen) atoms. The molecule has 142 valence electrons. The maximum Gasteiger partial charge on any atom is 0.118 e. The first-order valence-electron chi connectivity index (χ1n) is 10.2. The molecule has 0 fully saturated rings. The summed E-state index contributed by atoms with van der Waals surface area (Å²) in [6.07, 6.45) is 1.02. The van der Waals surface area contributed by atoms with Gasteiger partial charge < -0.3 is 4.74 Å². The van der Waals surface area contributed by atoms with E-state index in [0.717, 1.165) is 12.2 Å². The standard InChI is InChI=1S/C28H24O/c1-29-24-18-16-21(17-19-24)26-20-28(22-10-4-2-5-11-22,23-12-6-3-7-13-23)27-15-9-8-14-25(26)27/h2-19,26H,20H2,1H3. The van der Waals surface area contributed by atoms with Gasteiger partial charge in [0, 0.05) is 11.3 Å². The van der Waals surface area contributed by atoms with Gasteiger partial charge >= 0.3 is 0 Å². The molecule has 0 saturated heterocycles. The van der Waals surface area contributed by atoms with Crippen molar-refractivity contribution >= 4 is 0 Å². The van der Waals surface area contributed by atoms with E-state index in [1.165, 1.54) is 27.8 Å². The summed E-state index contributed by atoms with van der Waals surface area (Å²) in [5, 5.41) is 0. The lowest BCUT2D eigenvalue weighted by Crippen LogP contribution is -2.26. The molecule has 0 saturated carbocycles. The Bertz CT molecular complexity index is 1060. The second-order valence-electron chi connectivity index (χ2n) is 7.75. The molecule has 1 aliphatic rings. The van der Waals surface area contributed by atoms with Gasteiger partial charge in [-0.3, -0.25) is 0 Å². The Hall–Kier alpha value is -3.32. The van der Waals surface area contributed by atoms with Crippen LogP contribution < -0.4 is 4.74 Å². The third-order valence-corrected chi connectivity index (χ3v) is 6.36. The smallest absolute Gasteiger partial charge is 0.118 e. The lowest BCUT2D eigenvalue weighted by molar-refractivity contribution is 0.414. The van der Waals surface area contributed by atoms with Gasteiger partial charge in [0.05, 0.1) is 7.11 Å². The first-order valence-corrected chi connectivity index (χ1v) is 10.2. The van der Waals surface area contributed by atoms with Gasteiger partial charge in [-0.1, -0.05) is 97.1 Å². The molecular weight excluding hydrogens is 352 g/mol. The molecule has 0 radical (unpaired) electrons. The van der Waals surface area contributed by atoms with Crippen LogP contribution in [0.4, 0.5) is 0 Å². The Labute approximate surface area is 172 Å². The van der Waals surface area contributed by atoms with Crippen LogP contribution >= 0.6 is 0 Å². The molecule has 0 amide bonds. The molecule has 1 atom stereocenters. The molecule has 0 aromatic heterocycles. The van der Waals surface area contributed by atoms with E-state index in [0.29, 0.717) is 5.92 Å². The van der Waals surface area contributed by atoms with Crippen LogP contribution in [0.1, 0.15) is 40.2 Å². The Balaban J connectivity index is 1.74. The van der Waals surface area contributed by atoms with E-state index >= 15 is 0 Å². The van der Waals surface area contributed by atoms with Gasteiger partial charge in [-0.05, 0) is 46.4 Å². The zero-order valence-electron chi connectivity index (χ0n) is 16.6. The fourth-order valence-electron chi connectivity index (χ4n) is 5.01. The highest BCUT2D eigenvalue weighted by Gasteiger charge is 2.46. The predicted octanol–water partition coefficient (Wildman–Crippen LogP) is 6.57. The summed E-state index contributed by atoms with van der Waals surface area (Å²) >= 11 is 0. The van der Waals surface area contributed by atoms with Crippen LogP contribution in [0.25, 0.3) is 0 Å². The molecule has 0 aliphatic heterocycles. The fraction of sp³-hybridized carbons (Fsp3) is 0.143. The molecule has 1 heteroatoms. The van der Waals surface area contributed by atoms with Crippen LogP contribution in [0.5, 0.6) is 5.75 Å². The van der Waals surface area contributed by atoms with Crippen molar-refractivity contribution in [2.75, 3.05) is 7.11 Å². The Morgan fingerprint density at radius 2 is 1.21 bits per heavy atom. The summed E-state index contributed by atoms with van der Waals surface area (Å²) in [7, 11) is 1.72. The molecule has 4 aromatic rings. The van der Waals surface area contributed by atoms with Crippen molar-refractivity contribution in [3.63, 3.8) is 0 Å². The largest absolute Gasteiger partial charge is 0.497 e. The van der Waals surface area contributed by atoms with Crippen molar-refractivity contribution in [2.45, 2.75) is 17.8 Å². The van der Waals surface area contributed by atoms with Crippen molar-refractivity contribution in [1.82, 2.24) is 0 Å². The zero-order valence-corrected chi connectivity index (χ0v) is 16.6. The normalized spacial score (nSPS) is 16.9. The predicted molar refractivity (Wildman–Crippen MR) is 119 cm³/mol. The summed E-state index contributed by atoms with van der Waals surface area (Å²) in [6.45, 7) is 0. The van der Waals surface area contributed by atoms with Gasteiger partial charge in [-0.25, -0.2) is 0 Å². The monoisotopic (exact) mass is 376 g/mol. The van der Waals surface area contributed by atoms with E-state index in [2.05, 4.69) is 109 Å². The van der Waals surface area contributed by atoms with Crippen molar-refractivity contribution < 1.29 is 4.74 Å². The number of hydrogen-bond donors (Lipinski definition) is 0. The van der Waals surface area contributed by atoms with Gasteiger partial charge in [-0.15, -0.1) is 0 Å². The number of methoxy groups -OCH3 is 1. The fourth-order valence-corrected chi connectivity index (χ4v) is 5.01. The van der Waals surface area contributed by atoms with Crippen LogP contribution in [0.15, 0.2) is 109 Å². The van der Waals surface area contributed by atoms with Crippen LogP contribution in [0.3, 0.4) is 0 Å². The van der Waals surface area contributed by atoms with Crippen LogP contribution in [0.2, 0.25) is 0 Å². The maximum absolute atomic E-state index is 5.38. The van der Waals surface area contributed by atoms with Crippen LogP contribution in [-0.4, -0.2) is 7.11 Å². The minimum Gasteiger partial charge on any atom is -0.497 e. The van der Waals surface area contributed by atoms with Gasteiger partial charge in [-0.2, -0.15) is 0 Å². The Kier molecular flexibility index (Phi) is 4.44. The molecule has 1 nitrogen and oxygen atoms in total. The highest BCUT2D eigenvalue weighted by molar-refractivity contribution is 5.60. The summed E-state index contributed by atoms with van der Waals surface area (Å²) in [4.78, 5) is 0. The number of hydrogen-bond acceptors (Lipinski definition) is 1. The minimum absolute atomic E-state index is 0.149. The van der Waals surface area contributed by atoms with Gasteiger partial charge in [0.1, 0.15) is 5.75 Å². The van der Waals surface area contributed by atoms with Gasteiger partial charge in [0.15, 0.2) is 0 Å². The molecule has 1 unspecified atom stereocenters. The first kappa shape index (κ1) is 17.8. The average molecular weight is 376 g/mol. The van der Waals surface area contributed by atoms with Crippen LogP contribution in [0, 0.1) is 0 Å². The van der Waals surface area contributed by atoms with Crippen molar-refractivity contribution in [3.8, 4) is 5.75 Å². The quantitative estimate of drug-likeness (QED) is 0.392. The maximum atomic E-state index is 5.38. The molecular formula is C28H24O. The molecule has 5 rings (SSSR count). The van der Waals surface area contributed by atoms with E-state index in [1.54, 1.807) is 7.11 Å². The Morgan fingerprint density at radius 1 is 0.655 bits per heavy atom. The second-order valence-corrected chi connectivity index (χ2v) is 7.75. The topological polar surface area (TPSA) is 9.23 Å². The highest BCUT2D eigenvalue weighted by Crippen LogP contribution is 2.55. The number of ether oxygens (including phenoxy) is 1. The molecule has 0 N–H and O–H groups in total. The third kappa shape index (κ3) is 2.86. The zero-order chi connectivity index (χ0) is 19.7. The molecule has 0 spiro atoms. The number of rotatable bonds is 4. The van der Waals surface area contributed by atoms with E-state index in [4.69, 9.17) is 4.74 Å². The van der Waals surface area contributed by atoms with Crippen molar-refractivity contribution in [3.05, 3.63) is 137 Å². The molecule has 1 aliphatic carbocycles. The molecule has 0 heterocycles. The number of fused-ring (bicyclic) bond motifs is 1.